The van der Waals surface area contributed by atoms with Crippen molar-refractivity contribution >= 4 is 5.91 Å². The lowest BCUT2D eigenvalue weighted by Gasteiger charge is -2.42. The third kappa shape index (κ3) is 4.03. The Morgan fingerprint density at radius 1 is 1.41 bits per heavy atom. The van der Waals surface area contributed by atoms with E-state index < -0.39 is 11.9 Å². The molecule has 2 rings (SSSR count). The van der Waals surface area contributed by atoms with Crippen LogP contribution in [-0.2, 0) is 9.53 Å². The van der Waals surface area contributed by atoms with E-state index in [9.17, 15) is 9.18 Å². The number of hydrogen-bond donors (Lipinski definition) is 1. The smallest absolute Gasteiger partial charge is 0.239 e. The minimum atomic E-state index is -0.507. The van der Waals surface area contributed by atoms with Crippen molar-refractivity contribution in [3.63, 3.8) is 0 Å². The molecule has 1 aromatic carbocycles. The Kier molecular flexibility index (Phi) is 5.88. The van der Waals surface area contributed by atoms with Crippen LogP contribution >= 0.6 is 0 Å². The van der Waals surface area contributed by atoms with Crippen LogP contribution in [0.5, 0.6) is 0 Å². The van der Waals surface area contributed by atoms with Crippen molar-refractivity contribution < 1.29 is 13.9 Å². The highest BCUT2D eigenvalue weighted by atomic mass is 19.1. The van der Waals surface area contributed by atoms with Gasteiger partial charge < -0.3 is 10.5 Å². The minimum absolute atomic E-state index is 0.311. The molecule has 22 heavy (non-hydrogen) atoms. The summed E-state index contributed by atoms with van der Waals surface area (Å²) in [5, 5.41) is 0. The van der Waals surface area contributed by atoms with Gasteiger partial charge in [0.15, 0.2) is 0 Å². The Hall–Kier alpha value is -1.50. The first-order valence-electron chi connectivity index (χ1n) is 7.54. The third-order valence-corrected chi connectivity index (χ3v) is 4.20. The molecule has 0 aromatic heterocycles. The van der Waals surface area contributed by atoms with Crippen LogP contribution in [0.15, 0.2) is 24.3 Å². The van der Waals surface area contributed by atoms with Crippen LogP contribution < -0.4 is 5.73 Å². The van der Waals surface area contributed by atoms with Gasteiger partial charge in [-0.1, -0.05) is 12.1 Å². The average molecular weight is 309 g/mol. The molecule has 1 amide bonds. The summed E-state index contributed by atoms with van der Waals surface area (Å²) in [5.41, 5.74) is 6.33. The SMILES string of the molecule is COCCN1CCN([C@H](C(N)=O)c2ccc(F)cc2)C[C@@H]1C. The number of methoxy groups -OCH3 is 1. The maximum atomic E-state index is 13.1. The van der Waals surface area contributed by atoms with E-state index in [0.717, 1.165) is 31.7 Å². The predicted octanol–water partition coefficient (Wildman–Crippen LogP) is 1.00. The summed E-state index contributed by atoms with van der Waals surface area (Å²) in [5.74, 6) is -0.714. The standard InChI is InChI=1S/C16H24FN3O2/c1-12-11-20(8-7-19(12)9-10-22-2)15(16(18)21)13-3-5-14(17)6-4-13/h3-6,12,15H,7-11H2,1-2H3,(H2,18,21)/t12-,15-/m0/s1. The van der Waals surface area contributed by atoms with Crippen LogP contribution in [0.3, 0.4) is 0 Å². The zero-order valence-corrected chi connectivity index (χ0v) is 13.2. The van der Waals surface area contributed by atoms with E-state index in [0.29, 0.717) is 12.6 Å². The summed E-state index contributed by atoms with van der Waals surface area (Å²) in [6.07, 6.45) is 0. The van der Waals surface area contributed by atoms with E-state index >= 15 is 0 Å². The van der Waals surface area contributed by atoms with Crippen LogP contribution in [0.4, 0.5) is 4.39 Å². The topological polar surface area (TPSA) is 58.8 Å². The molecular weight excluding hydrogens is 285 g/mol. The van der Waals surface area contributed by atoms with Crippen LogP contribution in [0.25, 0.3) is 0 Å². The average Bonchev–Trinajstić information content (AvgIpc) is 2.48. The number of halogens is 1. The molecule has 0 aliphatic carbocycles. The molecule has 5 nitrogen and oxygen atoms in total. The molecule has 122 valence electrons. The van der Waals surface area contributed by atoms with Crippen molar-refractivity contribution in [1.29, 1.82) is 0 Å². The van der Waals surface area contributed by atoms with Crippen molar-refractivity contribution in [2.75, 3.05) is 39.9 Å². The summed E-state index contributed by atoms with van der Waals surface area (Å²) in [6, 6.07) is 5.80. The molecule has 1 aromatic rings. The molecule has 2 atom stereocenters. The van der Waals surface area contributed by atoms with Gasteiger partial charge in [0, 0.05) is 39.3 Å². The largest absolute Gasteiger partial charge is 0.383 e. The number of carbonyl (C=O) groups excluding carboxylic acids is 1. The van der Waals surface area contributed by atoms with Crippen LogP contribution in [0, 0.1) is 5.82 Å². The highest BCUT2D eigenvalue weighted by Gasteiger charge is 2.31. The molecule has 0 radical (unpaired) electrons. The lowest BCUT2D eigenvalue weighted by Crippen LogP contribution is -2.55. The van der Waals surface area contributed by atoms with E-state index in [4.69, 9.17) is 10.5 Å². The van der Waals surface area contributed by atoms with Gasteiger partial charge in [0.2, 0.25) is 5.91 Å². The molecule has 1 aliphatic rings. The van der Waals surface area contributed by atoms with E-state index in [2.05, 4.69) is 16.7 Å². The maximum absolute atomic E-state index is 13.1. The van der Waals surface area contributed by atoms with Crippen molar-refractivity contribution in [2.45, 2.75) is 19.0 Å². The number of piperazine rings is 1. The Morgan fingerprint density at radius 3 is 2.64 bits per heavy atom. The van der Waals surface area contributed by atoms with Gasteiger partial charge in [-0.15, -0.1) is 0 Å². The number of ether oxygens (including phenoxy) is 1. The fourth-order valence-electron chi connectivity index (χ4n) is 3.00. The molecule has 1 aliphatic heterocycles. The van der Waals surface area contributed by atoms with Crippen molar-refractivity contribution in [3.05, 3.63) is 35.6 Å². The van der Waals surface area contributed by atoms with Gasteiger partial charge in [-0.3, -0.25) is 14.6 Å². The lowest BCUT2D eigenvalue weighted by atomic mass is 10.0. The highest BCUT2D eigenvalue weighted by Crippen LogP contribution is 2.24. The number of hydrogen-bond acceptors (Lipinski definition) is 4. The molecule has 1 heterocycles. The molecule has 0 spiro atoms. The van der Waals surface area contributed by atoms with Crippen molar-refractivity contribution in [3.8, 4) is 0 Å². The maximum Gasteiger partial charge on any atom is 0.239 e. The fourth-order valence-corrected chi connectivity index (χ4v) is 3.00. The van der Waals surface area contributed by atoms with Gasteiger partial charge in [0.25, 0.3) is 0 Å². The van der Waals surface area contributed by atoms with Gasteiger partial charge in [-0.2, -0.15) is 0 Å². The fraction of sp³-hybridized carbons (Fsp3) is 0.562. The Morgan fingerprint density at radius 2 is 2.09 bits per heavy atom. The zero-order chi connectivity index (χ0) is 16.1. The zero-order valence-electron chi connectivity index (χ0n) is 13.2. The highest BCUT2D eigenvalue weighted by molar-refractivity contribution is 5.81. The second-order valence-corrected chi connectivity index (χ2v) is 5.73. The third-order valence-electron chi connectivity index (χ3n) is 4.20. The lowest BCUT2D eigenvalue weighted by molar-refractivity contribution is -0.124. The molecule has 0 bridgehead atoms. The monoisotopic (exact) mass is 309 g/mol. The predicted molar refractivity (Wildman–Crippen MR) is 82.8 cm³/mol. The first-order chi connectivity index (χ1) is 10.5. The van der Waals surface area contributed by atoms with E-state index in [1.165, 1.54) is 12.1 Å². The quantitative estimate of drug-likeness (QED) is 0.852. The van der Waals surface area contributed by atoms with Crippen molar-refractivity contribution in [1.82, 2.24) is 9.80 Å². The van der Waals surface area contributed by atoms with Crippen molar-refractivity contribution in [2.24, 2.45) is 5.73 Å². The number of carbonyl (C=O) groups is 1. The first kappa shape index (κ1) is 16.9. The van der Waals surface area contributed by atoms with Gasteiger partial charge >= 0.3 is 0 Å². The number of amides is 1. The van der Waals surface area contributed by atoms with Gasteiger partial charge in [0.05, 0.1) is 6.61 Å². The van der Waals surface area contributed by atoms with Gasteiger partial charge in [-0.05, 0) is 24.6 Å². The molecule has 2 N–H and O–H groups in total. The summed E-state index contributed by atoms with van der Waals surface area (Å²) in [4.78, 5) is 16.3. The minimum Gasteiger partial charge on any atom is -0.383 e. The molecule has 6 heteroatoms. The van der Waals surface area contributed by atoms with Crippen LogP contribution in [-0.4, -0.2) is 61.6 Å². The second kappa shape index (κ2) is 7.67. The Balaban J connectivity index is 2.08. The van der Waals surface area contributed by atoms with Gasteiger partial charge in [0.1, 0.15) is 11.9 Å². The summed E-state index contributed by atoms with van der Waals surface area (Å²) in [6.45, 7) is 6.05. The molecule has 1 saturated heterocycles. The normalized spacial score (nSPS) is 21.7. The van der Waals surface area contributed by atoms with E-state index in [1.54, 1.807) is 19.2 Å². The summed E-state index contributed by atoms with van der Waals surface area (Å²) >= 11 is 0. The molecule has 1 fully saturated rings. The number of nitrogens with two attached hydrogens (primary N) is 1. The number of rotatable bonds is 6. The second-order valence-electron chi connectivity index (χ2n) is 5.73. The first-order valence-corrected chi connectivity index (χ1v) is 7.54. The number of benzene rings is 1. The Bertz CT molecular complexity index is 495. The Labute approximate surface area is 130 Å². The summed E-state index contributed by atoms with van der Waals surface area (Å²) < 4.78 is 18.2. The molecule has 0 saturated carbocycles. The van der Waals surface area contributed by atoms with E-state index in [-0.39, 0.29) is 5.82 Å². The van der Waals surface area contributed by atoms with E-state index in [1.807, 2.05) is 0 Å². The number of nitrogens with zero attached hydrogens (tertiary/aromatic N) is 2. The molecule has 0 unspecified atom stereocenters. The summed E-state index contributed by atoms with van der Waals surface area (Å²) in [7, 11) is 1.69. The molecular formula is C16H24FN3O2. The van der Waals surface area contributed by atoms with Crippen LogP contribution in [0.2, 0.25) is 0 Å². The van der Waals surface area contributed by atoms with Gasteiger partial charge in [-0.25, -0.2) is 4.39 Å². The number of primary amides is 1. The van der Waals surface area contributed by atoms with Crippen LogP contribution in [0.1, 0.15) is 18.5 Å².